The number of nitrogens with one attached hydrogen (secondary N) is 1. The first-order valence-electron chi connectivity index (χ1n) is 5.70. The average Bonchev–Trinajstić information content (AvgIpc) is 3.16. The molecular formula is C13H10ClFN2S. The Bertz CT molecular complexity index is 664. The summed E-state index contributed by atoms with van der Waals surface area (Å²) in [5, 5.41) is 0.0884. The summed E-state index contributed by atoms with van der Waals surface area (Å²) in [6, 6.07) is 6.42. The van der Waals surface area contributed by atoms with Crippen LogP contribution in [0.2, 0.25) is 5.02 Å². The molecule has 92 valence electrons. The van der Waals surface area contributed by atoms with Crippen LogP contribution >= 0.6 is 23.8 Å². The summed E-state index contributed by atoms with van der Waals surface area (Å²) < 4.78 is 13.7. The molecule has 5 heteroatoms. The molecular weight excluding hydrogens is 271 g/mol. The minimum absolute atomic E-state index is 0.0884. The van der Waals surface area contributed by atoms with Crippen LogP contribution in [0.4, 0.5) is 4.39 Å². The fourth-order valence-electron chi connectivity index (χ4n) is 1.87. The SMILES string of the molecule is Fc1ccc(-c2nc(=S)cc(C3CC3)[nH]2)cc1Cl. The zero-order valence-corrected chi connectivity index (χ0v) is 11.0. The van der Waals surface area contributed by atoms with Gasteiger partial charge in [-0.3, -0.25) is 0 Å². The average molecular weight is 281 g/mol. The summed E-state index contributed by atoms with van der Waals surface area (Å²) in [6.45, 7) is 0. The van der Waals surface area contributed by atoms with Gasteiger partial charge < -0.3 is 4.98 Å². The van der Waals surface area contributed by atoms with Crippen molar-refractivity contribution in [3.63, 3.8) is 0 Å². The molecule has 0 atom stereocenters. The zero-order chi connectivity index (χ0) is 12.7. The fraction of sp³-hybridized carbons (Fsp3) is 0.231. The largest absolute Gasteiger partial charge is 0.343 e. The van der Waals surface area contributed by atoms with E-state index in [2.05, 4.69) is 9.97 Å². The van der Waals surface area contributed by atoms with E-state index in [1.54, 1.807) is 12.1 Å². The molecule has 0 radical (unpaired) electrons. The molecule has 1 aromatic heterocycles. The maximum Gasteiger partial charge on any atom is 0.141 e. The van der Waals surface area contributed by atoms with Crippen molar-refractivity contribution in [2.75, 3.05) is 0 Å². The van der Waals surface area contributed by atoms with Crippen LogP contribution in [0.3, 0.4) is 0 Å². The summed E-state index contributed by atoms with van der Waals surface area (Å²) in [5.41, 5.74) is 1.85. The van der Waals surface area contributed by atoms with Crippen molar-refractivity contribution in [3.8, 4) is 11.4 Å². The predicted octanol–water partition coefficient (Wildman–Crippen LogP) is 4.48. The molecule has 2 aromatic rings. The van der Waals surface area contributed by atoms with E-state index in [9.17, 15) is 4.39 Å². The number of nitrogens with zero attached hydrogens (tertiary/aromatic N) is 1. The summed E-state index contributed by atoms with van der Waals surface area (Å²) in [5.74, 6) is 0.771. The summed E-state index contributed by atoms with van der Waals surface area (Å²) in [7, 11) is 0. The van der Waals surface area contributed by atoms with Crippen molar-refractivity contribution < 1.29 is 4.39 Å². The minimum atomic E-state index is -0.433. The molecule has 1 saturated carbocycles. The third-order valence-corrected chi connectivity index (χ3v) is 3.47. The van der Waals surface area contributed by atoms with E-state index in [1.165, 1.54) is 18.9 Å². The van der Waals surface area contributed by atoms with Crippen molar-refractivity contribution in [2.45, 2.75) is 18.8 Å². The smallest absolute Gasteiger partial charge is 0.141 e. The third kappa shape index (κ3) is 2.31. The van der Waals surface area contributed by atoms with E-state index in [0.717, 1.165) is 11.3 Å². The van der Waals surface area contributed by atoms with E-state index in [1.807, 2.05) is 6.07 Å². The van der Waals surface area contributed by atoms with Crippen LogP contribution in [0.25, 0.3) is 11.4 Å². The first kappa shape index (κ1) is 11.8. The number of aromatic amines is 1. The van der Waals surface area contributed by atoms with Crippen LogP contribution < -0.4 is 0 Å². The number of aromatic nitrogens is 2. The maximum atomic E-state index is 13.1. The molecule has 1 aliphatic rings. The number of benzene rings is 1. The van der Waals surface area contributed by atoms with Crippen molar-refractivity contribution >= 4 is 23.8 Å². The number of halogens is 2. The summed E-state index contributed by atoms with van der Waals surface area (Å²) in [4.78, 5) is 7.51. The van der Waals surface area contributed by atoms with Gasteiger partial charge in [-0.25, -0.2) is 9.37 Å². The van der Waals surface area contributed by atoms with Crippen molar-refractivity contribution in [3.05, 3.63) is 45.4 Å². The Labute approximate surface area is 114 Å². The van der Waals surface area contributed by atoms with Gasteiger partial charge in [-0.15, -0.1) is 0 Å². The minimum Gasteiger partial charge on any atom is -0.343 e. The van der Waals surface area contributed by atoms with Gasteiger partial charge in [-0.1, -0.05) is 23.8 Å². The molecule has 1 aliphatic carbocycles. The molecule has 1 heterocycles. The highest BCUT2D eigenvalue weighted by Crippen LogP contribution is 2.39. The highest BCUT2D eigenvalue weighted by molar-refractivity contribution is 7.71. The van der Waals surface area contributed by atoms with Crippen molar-refractivity contribution in [2.24, 2.45) is 0 Å². The summed E-state index contributed by atoms with van der Waals surface area (Å²) >= 11 is 10.9. The Hall–Kier alpha value is -1.26. The van der Waals surface area contributed by atoms with Crippen LogP contribution in [0, 0.1) is 10.5 Å². The second-order valence-electron chi connectivity index (χ2n) is 4.43. The quantitative estimate of drug-likeness (QED) is 0.822. The molecule has 0 bridgehead atoms. The molecule has 1 fully saturated rings. The Balaban J connectivity index is 2.09. The van der Waals surface area contributed by atoms with Gasteiger partial charge in [0.25, 0.3) is 0 Å². The number of hydrogen-bond donors (Lipinski definition) is 1. The Morgan fingerprint density at radius 3 is 2.78 bits per heavy atom. The highest BCUT2D eigenvalue weighted by Gasteiger charge is 2.24. The van der Waals surface area contributed by atoms with Gasteiger partial charge >= 0.3 is 0 Å². The Morgan fingerprint density at radius 1 is 1.33 bits per heavy atom. The molecule has 1 aromatic carbocycles. The van der Waals surface area contributed by atoms with E-state index in [0.29, 0.717) is 16.4 Å². The molecule has 0 aliphatic heterocycles. The van der Waals surface area contributed by atoms with Crippen molar-refractivity contribution in [1.82, 2.24) is 9.97 Å². The molecule has 0 saturated heterocycles. The third-order valence-electron chi connectivity index (χ3n) is 2.97. The van der Waals surface area contributed by atoms with Crippen molar-refractivity contribution in [1.29, 1.82) is 0 Å². The highest BCUT2D eigenvalue weighted by atomic mass is 35.5. The molecule has 2 nitrogen and oxygen atoms in total. The molecule has 1 N–H and O–H groups in total. The van der Waals surface area contributed by atoms with Crippen LogP contribution in [0.5, 0.6) is 0 Å². The lowest BCUT2D eigenvalue weighted by Crippen LogP contribution is -1.95. The van der Waals surface area contributed by atoms with E-state index in [4.69, 9.17) is 23.8 Å². The zero-order valence-electron chi connectivity index (χ0n) is 9.41. The molecule has 0 amide bonds. The predicted molar refractivity (Wildman–Crippen MR) is 71.8 cm³/mol. The summed E-state index contributed by atoms with van der Waals surface area (Å²) in [6.07, 6.45) is 2.36. The second kappa shape index (κ2) is 4.44. The van der Waals surface area contributed by atoms with E-state index in [-0.39, 0.29) is 5.02 Å². The lowest BCUT2D eigenvalue weighted by Gasteiger charge is -2.05. The topological polar surface area (TPSA) is 28.7 Å². The van der Waals surface area contributed by atoms with Gasteiger partial charge in [0.05, 0.1) is 5.02 Å². The molecule has 0 spiro atoms. The van der Waals surface area contributed by atoms with Gasteiger partial charge in [0.15, 0.2) is 0 Å². The molecule has 0 unspecified atom stereocenters. The van der Waals surface area contributed by atoms with Gasteiger partial charge in [-0.05, 0) is 43.0 Å². The lowest BCUT2D eigenvalue weighted by atomic mass is 10.2. The van der Waals surface area contributed by atoms with Gasteiger partial charge in [0.1, 0.15) is 16.3 Å². The number of hydrogen-bond acceptors (Lipinski definition) is 2. The molecule has 18 heavy (non-hydrogen) atoms. The van der Waals surface area contributed by atoms with Gasteiger partial charge in [0.2, 0.25) is 0 Å². The number of rotatable bonds is 2. The van der Waals surface area contributed by atoms with Crippen LogP contribution in [-0.2, 0) is 0 Å². The second-order valence-corrected chi connectivity index (χ2v) is 5.25. The van der Waals surface area contributed by atoms with Crippen LogP contribution in [-0.4, -0.2) is 9.97 Å². The normalized spacial score (nSPS) is 14.8. The van der Waals surface area contributed by atoms with E-state index >= 15 is 0 Å². The molecule has 3 rings (SSSR count). The van der Waals surface area contributed by atoms with E-state index < -0.39 is 5.82 Å². The lowest BCUT2D eigenvalue weighted by molar-refractivity contribution is 0.628. The Kier molecular flexibility index (Phi) is 2.92. The monoisotopic (exact) mass is 280 g/mol. The van der Waals surface area contributed by atoms with Gasteiger partial charge in [-0.2, -0.15) is 0 Å². The first-order valence-corrected chi connectivity index (χ1v) is 6.49. The van der Waals surface area contributed by atoms with Crippen LogP contribution in [0.15, 0.2) is 24.3 Å². The Morgan fingerprint density at radius 2 is 2.11 bits per heavy atom. The maximum absolute atomic E-state index is 13.1. The van der Waals surface area contributed by atoms with Gasteiger partial charge in [0, 0.05) is 11.3 Å². The fourth-order valence-corrected chi connectivity index (χ4v) is 2.27. The standard InChI is InChI=1S/C13H10ClFN2S/c14-9-5-8(3-4-10(9)15)13-16-11(7-1-2-7)6-12(18)17-13/h3-7H,1-2H2,(H,16,17,18). The first-order chi connectivity index (χ1) is 8.63. The number of H-pyrrole nitrogens is 1. The van der Waals surface area contributed by atoms with Crippen LogP contribution in [0.1, 0.15) is 24.5 Å².